The molecule has 0 radical (unpaired) electrons. The first-order valence-electron chi connectivity index (χ1n) is 6.32. The summed E-state index contributed by atoms with van der Waals surface area (Å²) < 4.78 is 27.0. The van der Waals surface area contributed by atoms with Crippen LogP contribution in [-0.4, -0.2) is 19.4 Å². The van der Waals surface area contributed by atoms with Crippen LogP contribution in [0.25, 0.3) is 0 Å². The maximum absolute atomic E-state index is 12.3. The average molecular weight is 346 g/mol. The number of benzene rings is 1. The number of hydrogen-bond donors (Lipinski definition) is 2. The van der Waals surface area contributed by atoms with E-state index in [1.54, 1.807) is 23.7 Å². The Kier molecular flexibility index (Phi) is 5.21. The van der Waals surface area contributed by atoms with E-state index in [1.165, 1.54) is 17.4 Å². The van der Waals surface area contributed by atoms with Gasteiger partial charge in [0.2, 0.25) is 0 Å². The molecule has 0 bridgehead atoms. The summed E-state index contributed by atoms with van der Waals surface area (Å²) in [7, 11) is -3.65. The third-order valence-electron chi connectivity index (χ3n) is 2.68. The molecule has 0 fully saturated rings. The molecule has 21 heavy (non-hydrogen) atoms. The second kappa shape index (κ2) is 6.74. The molecule has 2 aromatic rings. The zero-order valence-electron chi connectivity index (χ0n) is 11.6. The summed E-state index contributed by atoms with van der Waals surface area (Å²) >= 11 is 7.33. The number of nitrogens with zero attached hydrogens (tertiary/aromatic N) is 1. The van der Waals surface area contributed by atoms with Gasteiger partial charge in [0.25, 0.3) is 10.0 Å². The molecule has 5 nitrogen and oxygen atoms in total. The fourth-order valence-corrected chi connectivity index (χ4v) is 3.64. The summed E-state index contributed by atoms with van der Waals surface area (Å²) in [6.07, 6.45) is 1.54. The Morgan fingerprint density at radius 1 is 1.38 bits per heavy atom. The van der Waals surface area contributed by atoms with Gasteiger partial charge in [-0.1, -0.05) is 25.4 Å². The predicted octanol–water partition coefficient (Wildman–Crippen LogP) is 3.10. The van der Waals surface area contributed by atoms with E-state index in [2.05, 4.69) is 15.0 Å². The molecule has 0 saturated carbocycles. The Labute approximate surface area is 133 Å². The van der Waals surface area contributed by atoms with Crippen molar-refractivity contribution in [3.05, 3.63) is 40.4 Å². The molecule has 1 heterocycles. The van der Waals surface area contributed by atoms with Crippen molar-refractivity contribution >= 4 is 38.1 Å². The normalized spacial score (nSPS) is 11.8. The highest BCUT2D eigenvalue weighted by atomic mass is 35.5. The summed E-state index contributed by atoms with van der Waals surface area (Å²) in [5.41, 5.74) is 0.743. The minimum absolute atomic E-state index is 0.169. The van der Waals surface area contributed by atoms with Crippen LogP contribution in [0.2, 0.25) is 5.02 Å². The second-order valence-electron chi connectivity index (χ2n) is 4.73. The molecular formula is C13H16ClN3O2S2. The first-order chi connectivity index (χ1) is 9.88. The molecule has 1 aromatic carbocycles. The third-order valence-corrected chi connectivity index (χ3v) is 5.21. The number of halogens is 1. The van der Waals surface area contributed by atoms with Gasteiger partial charge in [0.15, 0.2) is 5.13 Å². The van der Waals surface area contributed by atoms with Crippen LogP contribution in [0.5, 0.6) is 0 Å². The van der Waals surface area contributed by atoms with E-state index >= 15 is 0 Å². The fraction of sp³-hybridized carbons (Fsp3) is 0.308. The van der Waals surface area contributed by atoms with Crippen molar-refractivity contribution in [2.75, 3.05) is 4.72 Å². The molecule has 2 rings (SSSR count). The van der Waals surface area contributed by atoms with Crippen LogP contribution in [0, 0.1) is 0 Å². The molecule has 8 heteroatoms. The first-order valence-corrected chi connectivity index (χ1v) is 9.06. The minimum Gasteiger partial charge on any atom is -0.310 e. The zero-order valence-corrected chi connectivity index (χ0v) is 14.0. The van der Waals surface area contributed by atoms with Crippen molar-refractivity contribution < 1.29 is 8.42 Å². The van der Waals surface area contributed by atoms with Crippen molar-refractivity contribution in [2.24, 2.45) is 0 Å². The van der Waals surface area contributed by atoms with Gasteiger partial charge in [-0.15, -0.1) is 11.3 Å². The van der Waals surface area contributed by atoms with Gasteiger partial charge < -0.3 is 5.32 Å². The van der Waals surface area contributed by atoms with Crippen molar-refractivity contribution in [3.63, 3.8) is 0 Å². The van der Waals surface area contributed by atoms with E-state index in [0.717, 1.165) is 5.56 Å². The molecule has 1 aromatic heterocycles. The number of thiazole rings is 1. The highest BCUT2D eigenvalue weighted by Gasteiger charge is 2.17. The average Bonchev–Trinajstić information content (AvgIpc) is 2.89. The van der Waals surface area contributed by atoms with E-state index in [4.69, 9.17) is 11.6 Å². The van der Waals surface area contributed by atoms with Crippen LogP contribution in [0.15, 0.2) is 34.7 Å². The molecule has 0 saturated heterocycles. The van der Waals surface area contributed by atoms with Crippen molar-refractivity contribution in [1.29, 1.82) is 0 Å². The number of sulfonamides is 1. The summed E-state index contributed by atoms with van der Waals surface area (Å²) in [6.45, 7) is 4.54. The lowest BCUT2D eigenvalue weighted by Gasteiger charge is -2.12. The lowest BCUT2D eigenvalue weighted by atomic mass is 10.2. The molecule has 0 unspecified atom stereocenters. The number of hydrogen-bond acceptors (Lipinski definition) is 5. The Hall–Kier alpha value is -1.15. The summed E-state index contributed by atoms with van der Waals surface area (Å²) in [6, 6.07) is 4.94. The van der Waals surface area contributed by atoms with Gasteiger partial charge in [-0.25, -0.2) is 13.4 Å². The molecular weight excluding hydrogens is 330 g/mol. The SMILES string of the molecule is CC(C)NCc1cc(S(=O)(=O)Nc2nccs2)ccc1Cl. The molecule has 0 aliphatic rings. The Morgan fingerprint density at radius 2 is 2.14 bits per heavy atom. The van der Waals surface area contributed by atoms with Crippen molar-refractivity contribution in [3.8, 4) is 0 Å². The maximum Gasteiger partial charge on any atom is 0.263 e. The van der Waals surface area contributed by atoms with Crippen LogP contribution in [0.3, 0.4) is 0 Å². The lowest BCUT2D eigenvalue weighted by Crippen LogP contribution is -2.22. The summed E-state index contributed by atoms with van der Waals surface area (Å²) in [5, 5.41) is 5.80. The molecule has 0 amide bonds. The van der Waals surface area contributed by atoms with E-state index < -0.39 is 10.0 Å². The number of nitrogens with one attached hydrogen (secondary N) is 2. The standard InChI is InChI=1S/C13H16ClN3O2S2/c1-9(2)16-8-10-7-11(3-4-12(10)14)21(18,19)17-13-15-5-6-20-13/h3-7,9,16H,8H2,1-2H3,(H,15,17). The van der Waals surface area contributed by atoms with Gasteiger partial charge in [-0.05, 0) is 23.8 Å². The highest BCUT2D eigenvalue weighted by molar-refractivity contribution is 7.93. The van der Waals surface area contributed by atoms with E-state index in [0.29, 0.717) is 16.7 Å². The molecule has 0 atom stereocenters. The highest BCUT2D eigenvalue weighted by Crippen LogP contribution is 2.23. The number of rotatable bonds is 6. The van der Waals surface area contributed by atoms with Gasteiger partial charge in [0.05, 0.1) is 4.90 Å². The molecule has 0 spiro atoms. The van der Waals surface area contributed by atoms with Crippen LogP contribution in [0.1, 0.15) is 19.4 Å². The van der Waals surface area contributed by atoms with Crippen LogP contribution in [-0.2, 0) is 16.6 Å². The largest absolute Gasteiger partial charge is 0.310 e. The van der Waals surface area contributed by atoms with Crippen molar-refractivity contribution in [1.82, 2.24) is 10.3 Å². The number of aromatic nitrogens is 1. The molecule has 0 aliphatic carbocycles. The van der Waals surface area contributed by atoms with Gasteiger partial charge in [0, 0.05) is 29.2 Å². The van der Waals surface area contributed by atoms with Crippen LogP contribution >= 0.6 is 22.9 Å². The molecule has 114 valence electrons. The second-order valence-corrected chi connectivity index (χ2v) is 7.72. The smallest absolute Gasteiger partial charge is 0.263 e. The zero-order chi connectivity index (χ0) is 15.5. The third kappa shape index (κ3) is 4.41. The van der Waals surface area contributed by atoms with E-state index in [-0.39, 0.29) is 10.9 Å². The van der Waals surface area contributed by atoms with Gasteiger partial charge in [-0.2, -0.15) is 0 Å². The Morgan fingerprint density at radius 3 is 2.76 bits per heavy atom. The van der Waals surface area contributed by atoms with Gasteiger partial charge in [-0.3, -0.25) is 4.72 Å². The molecule has 0 aliphatic heterocycles. The number of anilines is 1. The van der Waals surface area contributed by atoms with Crippen LogP contribution in [0.4, 0.5) is 5.13 Å². The Balaban J connectivity index is 2.25. The molecule has 2 N–H and O–H groups in total. The minimum atomic E-state index is -3.65. The quantitative estimate of drug-likeness (QED) is 0.844. The van der Waals surface area contributed by atoms with E-state index in [9.17, 15) is 8.42 Å². The summed E-state index contributed by atoms with van der Waals surface area (Å²) in [5.74, 6) is 0. The lowest BCUT2D eigenvalue weighted by molar-refractivity contribution is 0.587. The van der Waals surface area contributed by atoms with Crippen molar-refractivity contribution in [2.45, 2.75) is 31.3 Å². The van der Waals surface area contributed by atoms with Gasteiger partial charge in [0.1, 0.15) is 0 Å². The van der Waals surface area contributed by atoms with Crippen LogP contribution < -0.4 is 10.0 Å². The van der Waals surface area contributed by atoms with Gasteiger partial charge >= 0.3 is 0 Å². The monoisotopic (exact) mass is 345 g/mol. The summed E-state index contributed by atoms with van der Waals surface area (Å²) in [4.78, 5) is 4.09. The first kappa shape index (κ1) is 16.2. The topological polar surface area (TPSA) is 71.1 Å². The van der Waals surface area contributed by atoms with E-state index in [1.807, 2.05) is 13.8 Å². The Bertz CT molecular complexity index is 700. The fourth-order valence-electron chi connectivity index (χ4n) is 1.62. The predicted molar refractivity (Wildman–Crippen MR) is 86.4 cm³/mol. The maximum atomic E-state index is 12.3.